The molecule has 7 heteroatoms. The Labute approximate surface area is 131 Å². The number of hydrogen-bond donors (Lipinski definition) is 1. The van der Waals surface area contributed by atoms with Gasteiger partial charge in [0, 0.05) is 0 Å². The quantitative estimate of drug-likeness (QED) is 0.857. The molecule has 1 amide bonds. The maximum atomic E-state index is 11.8. The number of hydrogen-bond acceptors (Lipinski definition) is 6. The van der Waals surface area contributed by atoms with Gasteiger partial charge in [0.15, 0.2) is 11.7 Å². The molecule has 0 bridgehead atoms. The number of ether oxygens (including phenoxy) is 2. The number of carbonyl (C=O) groups excluding carboxylic acids is 2. The van der Waals surface area contributed by atoms with Crippen molar-refractivity contribution in [2.45, 2.75) is 19.3 Å². The first-order valence-electron chi connectivity index (χ1n) is 7.07. The Bertz CT molecular complexity index is 709. The molecule has 6 nitrogen and oxygen atoms in total. The summed E-state index contributed by atoms with van der Waals surface area (Å²) in [4.78, 5) is 27.7. The SMILES string of the molecule is COc1ccc2nc(NC(=O)COC(=O)C3CCC3)sc2c1. The zero-order valence-corrected chi connectivity index (χ0v) is 12.9. The minimum atomic E-state index is -0.376. The Kier molecular flexibility index (Phi) is 4.24. The Morgan fingerprint density at radius 1 is 1.41 bits per heavy atom. The molecule has 22 heavy (non-hydrogen) atoms. The van der Waals surface area contributed by atoms with Crippen molar-refractivity contribution >= 4 is 38.6 Å². The van der Waals surface area contributed by atoms with Crippen LogP contribution in [0.5, 0.6) is 5.75 Å². The molecule has 0 unspecified atom stereocenters. The van der Waals surface area contributed by atoms with E-state index in [4.69, 9.17) is 9.47 Å². The fourth-order valence-electron chi connectivity index (χ4n) is 2.14. The Hall–Kier alpha value is -2.15. The lowest BCUT2D eigenvalue weighted by Crippen LogP contribution is -2.28. The summed E-state index contributed by atoms with van der Waals surface area (Å²) in [6.45, 7) is -0.269. The second kappa shape index (κ2) is 6.31. The maximum Gasteiger partial charge on any atom is 0.309 e. The van der Waals surface area contributed by atoms with Crippen molar-refractivity contribution in [3.8, 4) is 5.75 Å². The molecule has 1 aliphatic carbocycles. The number of methoxy groups -OCH3 is 1. The van der Waals surface area contributed by atoms with Crippen LogP contribution in [0.3, 0.4) is 0 Å². The molecule has 0 aliphatic heterocycles. The molecule has 0 radical (unpaired) electrons. The number of esters is 1. The van der Waals surface area contributed by atoms with Crippen LogP contribution < -0.4 is 10.1 Å². The number of aromatic nitrogens is 1. The van der Waals surface area contributed by atoms with Crippen LogP contribution in [0.4, 0.5) is 5.13 Å². The average molecular weight is 320 g/mol. The molecular weight excluding hydrogens is 304 g/mol. The van der Waals surface area contributed by atoms with Gasteiger partial charge in [-0.1, -0.05) is 17.8 Å². The van der Waals surface area contributed by atoms with E-state index in [1.165, 1.54) is 11.3 Å². The first-order chi connectivity index (χ1) is 10.7. The van der Waals surface area contributed by atoms with E-state index in [1.54, 1.807) is 7.11 Å². The van der Waals surface area contributed by atoms with Gasteiger partial charge in [0.2, 0.25) is 0 Å². The third-order valence-corrected chi connectivity index (χ3v) is 4.56. The van der Waals surface area contributed by atoms with Gasteiger partial charge >= 0.3 is 5.97 Å². The smallest absolute Gasteiger partial charge is 0.309 e. The lowest BCUT2D eigenvalue weighted by molar-refractivity contribution is -0.154. The predicted octanol–water partition coefficient (Wildman–Crippen LogP) is 2.59. The normalized spacial score (nSPS) is 14.4. The number of nitrogens with one attached hydrogen (secondary N) is 1. The summed E-state index contributed by atoms with van der Waals surface area (Å²) in [5, 5.41) is 3.13. The van der Waals surface area contributed by atoms with E-state index >= 15 is 0 Å². The molecule has 1 aromatic heterocycles. The molecule has 3 rings (SSSR count). The molecule has 0 saturated heterocycles. The number of nitrogens with zero attached hydrogens (tertiary/aromatic N) is 1. The molecule has 0 atom stereocenters. The van der Waals surface area contributed by atoms with Gasteiger partial charge in [-0.05, 0) is 31.0 Å². The number of thiazole rings is 1. The molecule has 2 aromatic rings. The van der Waals surface area contributed by atoms with E-state index in [9.17, 15) is 9.59 Å². The highest BCUT2D eigenvalue weighted by atomic mass is 32.1. The Morgan fingerprint density at radius 3 is 2.91 bits per heavy atom. The summed E-state index contributed by atoms with van der Waals surface area (Å²) in [5.41, 5.74) is 0.785. The summed E-state index contributed by atoms with van der Waals surface area (Å²) in [5.74, 6) is 0.0558. The van der Waals surface area contributed by atoms with Crippen molar-refractivity contribution in [1.82, 2.24) is 4.98 Å². The van der Waals surface area contributed by atoms with Crippen molar-refractivity contribution in [3.05, 3.63) is 18.2 Å². The van der Waals surface area contributed by atoms with E-state index in [-0.39, 0.29) is 24.4 Å². The number of fused-ring (bicyclic) bond motifs is 1. The highest BCUT2D eigenvalue weighted by molar-refractivity contribution is 7.22. The van der Waals surface area contributed by atoms with Gasteiger partial charge in [-0.2, -0.15) is 0 Å². The third kappa shape index (κ3) is 3.19. The van der Waals surface area contributed by atoms with E-state index < -0.39 is 0 Å². The van der Waals surface area contributed by atoms with Gasteiger partial charge in [0.1, 0.15) is 5.75 Å². The lowest BCUT2D eigenvalue weighted by Gasteiger charge is -2.22. The van der Waals surface area contributed by atoms with Gasteiger partial charge in [-0.25, -0.2) is 4.98 Å². The highest BCUT2D eigenvalue weighted by Crippen LogP contribution is 2.29. The topological polar surface area (TPSA) is 77.5 Å². The summed E-state index contributed by atoms with van der Waals surface area (Å²) in [6, 6.07) is 5.50. The minimum Gasteiger partial charge on any atom is -0.497 e. The molecule has 1 saturated carbocycles. The molecule has 1 N–H and O–H groups in total. The zero-order chi connectivity index (χ0) is 15.5. The van der Waals surface area contributed by atoms with Crippen molar-refractivity contribution in [2.75, 3.05) is 19.0 Å². The van der Waals surface area contributed by atoms with Crippen molar-refractivity contribution < 1.29 is 19.1 Å². The molecule has 1 fully saturated rings. The number of carbonyl (C=O) groups is 2. The van der Waals surface area contributed by atoms with Crippen LogP contribution in [-0.4, -0.2) is 30.6 Å². The predicted molar refractivity (Wildman–Crippen MR) is 83.1 cm³/mol. The standard InChI is InChI=1S/C15H16N2O4S/c1-20-10-5-6-11-12(7-10)22-15(16-11)17-13(18)8-21-14(19)9-3-2-4-9/h5-7,9H,2-4,8H2,1H3,(H,16,17,18). The van der Waals surface area contributed by atoms with E-state index in [1.807, 2.05) is 18.2 Å². The first kappa shape index (κ1) is 14.8. The molecule has 116 valence electrons. The average Bonchev–Trinajstić information content (AvgIpc) is 2.84. The van der Waals surface area contributed by atoms with Gasteiger partial charge in [0.25, 0.3) is 5.91 Å². The molecule has 1 heterocycles. The van der Waals surface area contributed by atoms with Crippen LogP contribution >= 0.6 is 11.3 Å². The van der Waals surface area contributed by atoms with Crippen LogP contribution in [0.1, 0.15) is 19.3 Å². The molecule has 1 aromatic carbocycles. The summed E-state index contributed by atoms with van der Waals surface area (Å²) >= 11 is 1.35. The van der Waals surface area contributed by atoms with Crippen LogP contribution in [0.15, 0.2) is 18.2 Å². The van der Waals surface area contributed by atoms with Gasteiger partial charge in [-0.3, -0.25) is 14.9 Å². The summed E-state index contributed by atoms with van der Waals surface area (Å²) < 4.78 is 11.1. The highest BCUT2D eigenvalue weighted by Gasteiger charge is 2.27. The van der Waals surface area contributed by atoms with Gasteiger partial charge < -0.3 is 9.47 Å². The van der Waals surface area contributed by atoms with Gasteiger partial charge in [0.05, 0.1) is 23.2 Å². The minimum absolute atomic E-state index is 0.0253. The molecule has 1 aliphatic rings. The fraction of sp³-hybridized carbons (Fsp3) is 0.400. The largest absolute Gasteiger partial charge is 0.497 e. The molecule has 0 spiro atoms. The van der Waals surface area contributed by atoms with Crippen LogP contribution in [0.2, 0.25) is 0 Å². The van der Waals surface area contributed by atoms with Crippen molar-refractivity contribution in [1.29, 1.82) is 0 Å². The van der Waals surface area contributed by atoms with Crippen LogP contribution in [-0.2, 0) is 14.3 Å². The number of rotatable bonds is 5. The van der Waals surface area contributed by atoms with E-state index in [2.05, 4.69) is 10.3 Å². The Morgan fingerprint density at radius 2 is 2.23 bits per heavy atom. The maximum absolute atomic E-state index is 11.8. The molecular formula is C15H16N2O4S. The van der Waals surface area contributed by atoms with Crippen molar-refractivity contribution in [3.63, 3.8) is 0 Å². The summed E-state index contributed by atoms with van der Waals surface area (Å²) in [6.07, 6.45) is 2.78. The van der Waals surface area contributed by atoms with Gasteiger partial charge in [-0.15, -0.1) is 0 Å². The second-order valence-corrected chi connectivity index (χ2v) is 6.17. The first-order valence-corrected chi connectivity index (χ1v) is 7.88. The Balaban J connectivity index is 1.57. The van der Waals surface area contributed by atoms with Crippen LogP contribution in [0, 0.1) is 5.92 Å². The van der Waals surface area contributed by atoms with Crippen molar-refractivity contribution in [2.24, 2.45) is 5.92 Å². The van der Waals surface area contributed by atoms with Crippen LogP contribution in [0.25, 0.3) is 10.2 Å². The van der Waals surface area contributed by atoms with E-state index in [0.717, 1.165) is 35.2 Å². The monoisotopic (exact) mass is 320 g/mol. The van der Waals surface area contributed by atoms with E-state index in [0.29, 0.717) is 5.13 Å². The number of benzene rings is 1. The lowest BCUT2D eigenvalue weighted by atomic mass is 9.86. The zero-order valence-electron chi connectivity index (χ0n) is 12.1. The second-order valence-electron chi connectivity index (χ2n) is 5.14. The third-order valence-electron chi connectivity index (χ3n) is 3.63. The summed E-state index contributed by atoms with van der Waals surface area (Å²) in [7, 11) is 1.60. The fourth-order valence-corrected chi connectivity index (χ4v) is 3.05. The number of anilines is 1. The number of amides is 1.